The molecular formula is C30H39FN7O6PS. The molecule has 0 spiro atoms. The first-order valence-corrected chi connectivity index (χ1v) is 17.3. The fourth-order valence-corrected chi connectivity index (χ4v) is 7.42. The normalized spacial score (nSPS) is 23.7. The molecular weight excluding hydrogens is 636 g/mol. The molecule has 0 bridgehead atoms. The van der Waals surface area contributed by atoms with Crippen molar-refractivity contribution in [1.29, 1.82) is 0 Å². The molecule has 0 saturated carbocycles. The van der Waals surface area contributed by atoms with Crippen LogP contribution < -0.4 is 20.7 Å². The predicted octanol–water partition coefficient (Wildman–Crippen LogP) is 4.48. The highest BCUT2D eigenvalue weighted by molar-refractivity contribution is 8.09. The van der Waals surface area contributed by atoms with Gasteiger partial charge in [0.15, 0.2) is 28.9 Å². The molecule has 16 heteroatoms. The van der Waals surface area contributed by atoms with Gasteiger partial charge in [-0.05, 0) is 42.5 Å². The number of carbonyl (C=O) groups is 1. The van der Waals surface area contributed by atoms with Gasteiger partial charge in [-0.2, -0.15) is 9.97 Å². The topological polar surface area (TPSA) is 168 Å². The van der Waals surface area contributed by atoms with Crippen LogP contribution in [0, 0.1) is 5.41 Å². The molecule has 1 aliphatic heterocycles. The minimum Gasteiger partial charge on any atom is -0.464 e. The highest BCUT2D eigenvalue weighted by Crippen LogP contribution is 2.49. The molecule has 13 nitrogen and oxygen atoms in total. The number of halogens is 1. The summed E-state index contributed by atoms with van der Waals surface area (Å²) in [4.78, 5) is 25.5. The van der Waals surface area contributed by atoms with Gasteiger partial charge in [0.1, 0.15) is 24.0 Å². The van der Waals surface area contributed by atoms with E-state index in [-0.39, 0.29) is 30.2 Å². The third kappa shape index (κ3) is 7.09. The number of carbonyl (C=O) groups excluding carboxylic acids is 1. The number of esters is 1. The van der Waals surface area contributed by atoms with Crippen LogP contribution in [0.15, 0.2) is 48.8 Å². The number of rotatable bonds is 11. The van der Waals surface area contributed by atoms with Crippen molar-refractivity contribution in [2.75, 3.05) is 31.3 Å². The number of fused-ring (bicyclic) bond motifs is 2. The van der Waals surface area contributed by atoms with E-state index in [4.69, 9.17) is 36.1 Å². The Morgan fingerprint density at radius 2 is 1.98 bits per heavy atom. The molecule has 248 valence electrons. The van der Waals surface area contributed by atoms with Crippen LogP contribution in [0.3, 0.4) is 0 Å². The number of alkyl halides is 1. The van der Waals surface area contributed by atoms with Crippen molar-refractivity contribution < 1.29 is 32.8 Å². The van der Waals surface area contributed by atoms with E-state index in [1.54, 1.807) is 20.0 Å². The van der Waals surface area contributed by atoms with Gasteiger partial charge >= 0.3 is 12.6 Å². The molecule has 0 radical (unpaired) electrons. The highest BCUT2D eigenvalue weighted by atomic mass is 32.5. The largest absolute Gasteiger partial charge is 0.464 e. The molecule has 3 heterocycles. The fraction of sp³-hybridized carbons (Fsp3) is 0.467. The molecule has 0 amide bonds. The SMILES string of the molecule is CNc1nc(N)nc2c1ncn2[C@@H]1O[C@H](COP(=S)(N[C@H](C)C(=O)OCC(C)(C)C)Oc2cccc3ccccc23)[C@@H](O)[C@@]1(C)F. The van der Waals surface area contributed by atoms with Gasteiger partial charge in [-0.15, -0.1) is 0 Å². The van der Waals surface area contributed by atoms with Gasteiger partial charge in [0.05, 0.1) is 19.5 Å². The Bertz CT molecular complexity index is 1780. The lowest BCUT2D eigenvalue weighted by Crippen LogP contribution is -2.41. The summed E-state index contributed by atoms with van der Waals surface area (Å²) in [6, 6.07) is 12.1. The van der Waals surface area contributed by atoms with Crippen LogP contribution in [0.2, 0.25) is 0 Å². The van der Waals surface area contributed by atoms with Gasteiger partial charge in [-0.1, -0.05) is 57.2 Å². The smallest absolute Gasteiger partial charge is 0.323 e. The molecule has 4 aromatic rings. The molecule has 1 unspecified atom stereocenters. The highest BCUT2D eigenvalue weighted by Gasteiger charge is 2.56. The van der Waals surface area contributed by atoms with Crippen molar-refractivity contribution in [3.8, 4) is 5.75 Å². The standard InChI is InChI=1S/C30H39FN7O6PS/c1-17(26(40)41-15-29(2,3)4)37-45(46,44-20-13-9-11-18-10-7-8-12-19(18)20)42-14-21-23(39)30(5,31)27(43-21)38-16-34-22-24(33-6)35-28(32)36-25(22)38/h7-13,16-17,21,23,27,39H,14-15H2,1-6H3,(H,37,46)(H3,32,33,35,36)/t17-,21-,23-,27-,30-,45?/m1/s1. The number of benzene rings is 2. The number of aliphatic hydroxyl groups excluding tert-OH is 1. The van der Waals surface area contributed by atoms with E-state index in [9.17, 15) is 9.90 Å². The minimum atomic E-state index is -3.57. The van der Waals surface area contributed by atoms with Crippen molar-refractivity contribution >= 4 is 58.1 Å². The van der Waals surface area contributed by atoms with E-state index < -0.39 is 42.8 Å². The van der Waals surface area contributed by atoms with Gasteiger partial charge in [0.25, 0.3) is 0 Å². The number of nitrogens with two attached hydrogens (primary N) is 1. The van der Waals surface area contributed by atoms with Gasteiger partial charge in [-0.3, -0.25) is 9.36 Å². The Hall–Kier alpha value is -3.46. The fourth-order valence-electron chi connectivity index (χ4n) is 5.00. The zero-order chi connectivity index (χ0) is 33.4. The zero-order valence-corrected chi connectivity index (χ0v) is 28.1. The number of aliphatic hydroxyl groups is 1. The number of nitrogens with zero attached hydrogens (tertiary/aromatic N) is 4. The van der Waals surface area contributed by atoms with Crippen molar-refractivity contribution in [2.45, 2.75) is 64.8 Å². The summed E-state index contributed by atoms with van der Waals surface area (Å²) in [5.41, 5.74) is 3.88. The maximum absolute atomic E-state index is 16.2. The number of nitrogen functional groups attached to an aromatic ring is 1. The van der Waals surface area contributed by atoms with Gasteiger partial charge in [0.2, 0.25) is 5.95 Å². The summed E-state index contributed by atoms with van der Waals surface area (Å²) in [6.45, 7) is 4.89. The lowest BCUT2D eigenvalue weighted by Gasteiger charge is -2.29. The lowest BCUT2D eigenvalue weighted by atomic mass is 9.98. The van der Waals surface area contributed by atoms with Crippen LogP contribution in [0.4, 0.5) is 16.2 Å². The molecule has 1 aliphatic rings. The summed E-state index contributed by atoms with van der Waals surface area (Å²) in [5, 5.41) is 18.7. The van der Waals surface area contributed by atoms with Gasteiger partial charge < -0.3 is 34.7 Å². The van der Waals surface area contributed by atoms with E-state index >= 15 is 4.39 Å². The van der Waals surface area contributed by atoms with Crippen LogP contribution in [-0.4, -0.2) is 74.8 Å². The monoisotopic (exact) mass is 675 g/mol. The number of hydrogen-bond donors (Lipinski definition) is 4. The van der Waals surface area contributed by atoms with Crippen LogP contribution in [0.5, 0.6) is 5.75 Å². The second-order valence-corrected chi connectivity index (χ2v) is 15.6. The maximum atomic E-state index is 16.2. The van der Waals surface area contributed by atoms with Crippen LogP contribution in [0.1, 0.15) is 40.8 Å². The third-order valence-electron chi connectivity index (χ3n) is 7.37. The van der Waals surface area contributed by atoms with E-state index in [1.165, 1.54) is 17.8 Å². The molecule has 2 aromatic carbocycles. The Labute approximate surface area is 271 Å². The summed E-state index contributed by atoms with van der Waals surface area (Å²) in [5.74, 6) is 0.183. The number of hydrogen-bond acceptors (Lipinski definition) is 12. The van der Waals surface area contributed by atoms with Crippen molar-refractivity contribution in [1.82, 2.24) is 24.6 Å². The van der Waals surface area contributed by atoms with Gasteiger partial charge in [0, 0.05) is 12.4 Å². The first-order valence-electron chi connectivity index (χ1n) is 14.7. The average molecular weight is 676 g/mol. The molecule has 2 aromatic heterocycles. The molecule has 46 heavy (non-hydrogen) atoms. The van der Waals surface area contributed by atoms with Gasteiger partial charge in [-0.25, -0.2) is 14.5 Å². The molecule has 5 N–H and O–H groups in total. The Kier molecular flexibility index (Phi) is 9.56. The summed E-state index contributed by atoms with van der Waals surface area (Å²) in [6.07, 6.45) is -2.84. The second-order valence-electron chi connectivity index (χ2n) is 12.5. The molecule has 1 saturated heterocycles. The Morgan fingerprint density at radius 1 is 1.26 bits per heavy atom. The van der Waals surface area contributed by atoms with Crippen molar-refractivity contribution in [3.05, 3.63) is 48.8 Å². The molecule has 5 rings (SSSR count). The minimum absolute atomic E-state index is 0.0508. The van der Waals surface area contributed by atoms with E-state index in [0.29, 0.717) is 17.1 Å². The second kappa shape index (κ2) is 13.0. The van der Waals surface area contributed by atoms with E-state index in [2.05, 4.69) is 25.4 Å². The van der Waals surface area contributed by atoms with Crippen molar-refractivity contribution in [2.24, 2.45) is 5.41 Å². The first-order chi connectivity index (χ1) is 21.6. The van der Waals surface area contributed by atoms with Crippen LogP contribution >= 0.6 is 6.64 Å². The number of ether oxygens (including phenoxy) is 2. The number of imidazole rings is 1. The van der Waals surface area contributed by atoms with Crippen LogP contribution in [-0.2, 0) is 30.6 Å². The number of nitrogens with one attached hydrogen (secondary N) is 2. The summed E-state index contributed by atoms with van der Waals surface area (Å²) < 4.78 is 41.6. The molecule has 6 atom stereocenters. The average Bonchev–Trinajstić information content (AvgIpc) is 3.51. The summed E-state index contributed by atoms with van der Waals surface area (Å²) in [7, 11) is 1.65. The Morgan fingerprint density at radius 3 is 2.70 bits per heavy atom. The number of aromatic nitrogens is 4. The molecule has 0 aliphatic carbocycles. The quantitative estimate of drug-likeness (QED) is 0.130. The summed E-state index contributed by atoms with van der Waals surface area (Å²) >= 11 is 5.91. The zero-order valence-electron chi connectivity index (χ0n) is 26.4. The first kappa shape index (κ1) is 33.9. The molecule has 1 fully saturated rings. The third-order valence-corrected chi connectivity index (χ3v) is 9.86. The van der Waals surface area contributed by atoms with E-state index in [0.717, 1.165) is 10.8 Å². The lowest BCUT2D eigenvalue weighted by molar-refractivity contribution is -0.148. The predicted molar refractivity (Wildman–Crippen MR) is 177 cm³/mol. The number of anilines is 2. The van der Waals surface area contributed by atoms with Crippen molar-refractivity contribution in [3.63, 3.8) is 0 Å². The maximum Gasteiger partial charge on any atom is 0.323 e. The van der Waals surface area contributed by atoms with Crippen LogP contribution in [0.25, 0.3) is 21.9 Å². The Balaban J connectivity index is 1.40. The van der Waals surface area contributed by atoms with E-state index in [1.807, 2.05) is 57.2 Å².